The number of halogens is 1. The molecule has 1 saturated carbocycles. The highest BCUT2D eigenvalue weighted by molar-refractivity contribution is 5.84. The van der Waals surface area contributed by atoms with Crippen molar-refractivity contribution in [3.63, 3.8) is 0 Å². The highest BCUT2D eigenvalue weighted by Crippen LogP contribution is 2.29. The molecule has 1 aromatic heterocycles. The van der Waals surface area contributed by atoms with Crippen LogP contribution in [0.2, 0.25) is 0 Å². The molecular formula is C18H20FN3O4. The maximum atomic E-state index is 13.3. The Labute approximate surface area is 149 Å². The van der Waals surface area contributed by atoms with Gasteiger partial charge < -0.3 is 14.5 Å². The molecule has 0 spiro atoms. The van der Waals surface area contributed by atoms with Gasteiger partial charge in [-0.3, -0.25) is 4.79 Å². The van der Waals surface area contributed by atoms with Crippen LogP contribution in [0.1, 0.15) is 37.6 Å². The van der Waals surface area contributed by atoms with Gasteiger partial charge in [-0.1, -0.05) is 5.16 Å². The van der Waals surface area contributed by atoms with Crippen molar-refractivity contribution in [1.82, 2.24) is 15.0 Å². The Morgan fingerprint density at radius 2 is 2.15 bits per heavy atom. The van der Waals surface area contributed by atoms with Gasteiger partial charge >= 0.3 is 5.97 Å². The fourth-order valence-corrected chi connectivity index (χ4v) is 2.81. The molecule has 1 atom stereocenters. The summed E-state index contributed by atoms with van der Waals surface area (Å²) in [6.45, 7) is 3.16. The number of amides is 1. The number of carboxylic acid groups (broad SMARTS) is 1. The summed E-state index contributed by atoms with van der Waals surface area (Å²) < 4.78 is 18.5. The molecule has 7 nitrogen and oxygen atoms in total. The van der Waals surface area contributed by atoms with Crippen LogP contribution in [-0.4, -0.2) is 44.1 Å². The Kier molecular flexibility index (Phi) is 5.01. The van der Waals surface area contributed by atoms with Crippen LogP contribution in [0.5, 0.6) is 0 Å². The minimum absolute atomic E-state index is 0.00837. The lowest BCUT2D eigenvalue weighted by molar-refractivity contribution is -0.150. The SMILES string of the molecule is Cc1cc(-c2noc(CCC(=O)N(C3CC3)C(C)C(=O)O)n2)ccc1F. The molecule has 8 heteroatoms. The van der Waals surface area contributed by atoms with Crippen molar-refractivity contribution in [2.75, 3.05) is 0 Å². The molecule has 3 rings (SSSR count). The second-order valence-electron chi connectivity index (χ2n) is 6.52. The molecule has 1 unspecified atom stereocenters. The Morgan fingerprint density at radius 1 is 1.42 bits per heavy atom. The van der Waals surface area contributed by atoms with E-state index in [0.717, 1.165) is 12.8 Å². The van der Waals surface area contributed by atoms with Gasteiger partial charge in [0.05, 0.1) is 0 Å². The quantitative estimate of drug-likeness (QED) is 0.814. The fraction of sp³-hybridized carbons (Fsp3) is 0.444. The van der Waals surface area contributed by atoms with Crippen LogP contribution in [0.15, 0.2) is 22.7 Å². The van der Waals surface area contributed by atoms with E-state index in [9.17, 15) is 19.1 Å². The maximum absolute atomic E-state index is 13.3. The number of carbonyl (C=O) groups is 2. The lowest BCUT2D eigenvalue weighted by atomic mass is 10.1. The third-order valence-electron chi connectivity index (χ3n) is 4.44. The summed E-state index contributed by atoms with van der Waals surface area (Å²) in [4.78, 5) is 29.3. The van der Waals surface area contributed by atoms with Gasteiger partial charge in [-0.25, -0.2) is 9.18 Å². The van der Waals surface area contributed by atoms with E-state index in [-0.39, 0.29) is 36.5 Å². The summed E-state index contributed by atoms with van der Waals surface area (Å²) in [7, 11) is 0. The van der Waals surface area contributed by atoms with Gasteiger partial charge in [-0.15, -0.1) is 0 Å². The molecule has 1 fully saturated rings. The van der Waals surface area contributed by atoms with Crippen molar-refractivity contribution < 1.29 is 23.6 Å². The first kappa shape index (κ1) is 18.0. The summed E-state index contributed by atoms with van der Waals surface area (Å²) in [5, 5.41) is 13.0. The normalized spacial score (nSPS) is 14.9. The Morgan fingerprint density at radius 3 is 2.77 bits per heavy atom. The van der Waals surface area contributed by atoms with Crippen LogP contribution in [0.25, 0.3) is 11.4 Å². The smallest absolute Gasteiger partial charge is 0.326 e. The molecule has 1 amide bonds. The summed E-state index contributed by atoms with van der Waals surface area (Å²) in [5.74, 6) is -0.949. The standard InChI is InChI=1S/C18H20FN3O4/c1-10-9-12(3-6-14(10)19)17-20-15(26-21-17)7-8-16(23)22(13-4-5-13)11(2)18(24)25/h3,6,9,11,13H,4-5,7-8H2,1-2H3,(H,24,25). The van der Waals surface area contributed by atoms with E-state index in [4.69, 9.17) is 4.52 Å². The van der Waals surface area contributed by atoms with E-state index < -0.39 is 12.0 Å². The van der Waals surface area contributed by atoms with Crippen LogP contribution in [-0.2, 0) is 16.0 Å². The fourth-order valence-electron chi connectivity index (χ4n) is 2.81. The Hall–Kier alpha value is -2.77. The molecule has 1 aliphatic carbocycles. The van der Waals surface area contributed by atoms with Crippen molar-refractivity contribution in [2.24, 2.45) is 0 Å². The Bertz CT molecular complexity index is 832. The van der Waals surface area contributed by atoms with E-state index in [1.54, 1.807) is 19.1 Å². The first-order valence-corrected chi connectivity index (χ1v) is 8.50. The number of rotatable bonds is 7. The van der Waals surface area contributed by atoms with E-state index in [2.05, 4.69) is 10.1 Å². The molecular weight excluding hydrogens is 341 g/mol. The van der Waals surface area contributed by atoms with Gasteiger partial charge in [-0.05, 0) is 50.5 Å². The molecule has 1 N–H and O–H groups in total. The minimum Gasteiger partial charge on any atom is -0.480 e. The highest BCUT2D eigenvalue weighted by atomic mass is 19.1. The van der Waals surface area contributed by atoms with E-state index >= 15 is 0 Å². The highest BCUT2D eigenvalue weighted by Gasteiger charge is 2.38. The van der Waals surface area contributed by atoms with Gasteiger partial charge in [0.15, 0.2) is 0 Å². The van der Waals surface area contributed by atoms with Crippen LogP contribution >= 0.6 is 0 Å². The zero-order valence-electron chi connectivity index (χ0n) is 14.6. The predicted octanol–water partition coefficient (Wildman–Crippen LogP) is 2.58. The average molecular weight is 361 g/mol. The lowest BCUT2D eigenvalue weighted by Gasteiger charge is -2.26. The molecule has 1 aliphatic rings. The zero-order valence-corrected chi connectivity index (χ0v) is 14.6. The zero-order chi connectivity index (χ0) is 18.8. The number of aliphatic carboxylic acids is 1. The van der Waals surface area contributed by atoms with Crippen molar-refractivity contribution >= 4 is 11.9 Å². The number of hydrogen-bond donors (Lipinski definition) is 1. The van der Waals surface area contributed by atoms with Crippen LogP contribution in [0.3, 0.4) is 0 Å². The Balaban J connectivity index is 1.64. The molecule has 0 radical (unpaired) electrons. The molecule has 1 heterocycles. The van der Waals surface area contributed by atoms with Crippen molar-refractivity contribution in [2.45, 2.75) is 51.6 Å². The largest absolute Gasteiger partial charge is 0.480 e. The molecule has 26 heavy (non-hydrogen) atoms. The number of aromatic nitrogens is 2. The number of nitrogens with zero attached hydrogens (tertiary/aromatic N) is 3. The van der Waals surface area contributed by atoms with Crippen molar-refractivity contribution in [1.29, 1.82) is 0 Å². The summed E-state index contributed by atoms with van der Waals surface area (Å²) >= 11 is 0. The van der Waals surface area contributed by atoms with Crippen LogP contribution in [0.4, 0.5) is 4.39 Å². The van der Waals surface area contributed by atoms with E-state index in [1.165, 1.54) is 17.9 Å². The molecule has 1 aromatic carbocycles. The van der Waals surface area contributed by atoms with Gasteiger partial charge in [0.1, 0.15) is 11.9 Å². The number of benzene rings is 1. The molecule has 0 bridgehead atoms. The third-order valence-corrected chi connectivity index (χ3v) is 4.44. The molecule has 0 saturated heterocycles. The monoisotopic (exact) mass is 361 g/mol. The number of carboxylic acids is 1. The third kappa shape index (κ3) is 3.89. The second kappa shape index (κ2) is 7.23. The van der Waals surface area contributed by atoms with Crippen LogP contribution < -0.4 is 0 Å². The summed E-state index contributed by atoms with van der Waals surface area (Å²) in [6, 6.07) is 3.68. The van der Waals surface area contributed by atoms with Gasteiger partial charge in [0, 0.05) is 24.4 Å². The van der Waals surface area contributed by atoms with Crippen molar-refractivity contribution in [3.05, 3.63) is 35.5 Å². The number of carbonyl (C=O) groups excluding carboxylic acids is 1. The summed E-state index contributed by atoms with van der Waals surface area (Å²) in [6.07, 6.45) is 1.98. The maximum Gasteiger partial charge on any atom is 0.326 e. The molecule has 2 aromatic rings. The van der Waals surface area contributed by atoms with Crippen LogP contribution in [0, 0.1) is 12.7 Å². The van der Waals surface area contributed by atoms with Crippen molar-refractivity contribution in [3.8, 4) is 11.4 Å². The number of aryl methyl sites for hydroxylation is 2. The van der Waals surface area contributed by atoms with Gasteiger partial charge in [0.2, 0.25) is 17.6 Å². The first-order valence-electron chi connectivity index (χ1n) is 8.50. The number of hydrogen-bond acceptors (Lipinski definition) is 5. The van der Waals surface area contributed by atoms with Gasteiger partial charge in [-0.2, -0.15) is 4.98 Å². The second-order valence-corrected chi connectivity index (χ2v) is 6.52. The van der Waals surface area contributed by atoms with E-state index in [1.807, 2.05) is 0 Å². The van der Waals surface area contributed by atoms with Gasteiger partial charge in [0.25, 0.3) is 0 Å². The predicted molar refractivity (Wildman–Crippen MR) is 89.7 cm³/mol. The first-order chi connectivity index (χ1) is 12.4. The molecule has 0 aliphatic heterocycles. The topological polar surface area (TPSA) is 96.5 Å². The molecule has 138 valence electrons. The van der Waals surface area contributed by atoms with E-state index in [0.29, 0.717) is 17.0 Å². The summed E-state index contributed by atoms with van der Waals surface area (Å²) in [5.41, 5.74) is 1.11. The lowest BCUT2D eigenvalue weighted by Crippen LogP contribution is -2.44. The average Bonchev–Trinajstić information content (AvgIpc) is 3.31. The minimum atomic E-state index is -1.02.